The number of piperidine rings is 1. The lowest BCUT2D eigenvalue weighted by molar-refractivity contribution is 0.0916. The molecule has 0 bridgehead atoms. The number of hydrogen-bond donors (Lipinski definition) is 0. The molecule has 0 saturated carbocycles. The quantitative estimate of drug-likeness (QED) is 0.739. The van der Waals surface area contributed by atoms with E-state index in [0.717, 1.165) is 0 Å². The number of Topliss-reactive ketones (excluding diaryl/α,β-unsaturated/α-hetero) is 1. The molecule has 0 amide bonds. The van der Waals surface area contributed by atoms with Gasteiger partial charge in [0.15, 0.2) is 15.6 Å². The van der Waals surface area contributed by atoms with Crippen LogP contribution in [0.3, 0.4) is 0 Å². The fraction of sp³-hybridized carbons (Fsp3) is 0.300. The molecule has 0 spiro atoms. The molecular weight excluding hydrogens is 367 g/mol. The van der Waals surface area contributed by atoms with E-state index < -0.39 is 15.1 Å². The topological polar surface area (TPSA) is 78.2 Å². The number of hydrogen-bond acceptors (Lipinski definition) is 5. The number of halogens is 1. The molecule has 2 aromatic carbocycles. The summed E-state index contributed by atoms with van der Waals surface area (Å²) in [5.74, 6) is -0.497. The van der Waals surface area contributed by atoms with Gasteiger partial charge in [0.05, 0.1) is 28.3 Å². The van der Waals surface area contributed by atoms with Gasteiger partial charge in [0.1, 0.15) is 5.82 Å². The van der Waals surface area contributed by atoms with Crippen LogP contribution in [-0.4, -0.2) is 44.0 Å². The van der Waals surface area contributed by atoms with Crippen molar-refractivity contribution in [3.63, 3.8) is 0 Å². The maximum absolute atomic E-state index is 13.0. The van der Waals surface area contributed by atoms with Crippen molar-refractivity contribution in [2.75, 3.05) is 19.6 Å². The number of nitriles is 1. The number of likely N-dealkylation sites (tertiary alicyclic amines) is 1. The molecule has 0 unspecified atom stereocenters. The predicted molar refractivity (Wildman–Crippen MR) is 98.5 cm³/mol. The van der Waals surface area contributed by atoms with Crippen molar-refractivity contribution in [3.8, 4) is 6.07 Å². The molecule has 3 rings (SSSR count). The molecule has 0 atom stereocenters. The van der Waals surface area contributed by atoms with Gasteiger partial charge in [-0.3, -0.25) is 9.69 Å². The average molecular weight is 386 g/mol. The zero-order chi connectivity index (χ0) is 19.4. The van der Waals surface area contributed by atoms with E-state index in [1.54, 1.807) is 0 Å². The highest BCUT2D eigenvalue weighted by atomic mass is 32.2. The number of sulfone groups is 1. The van der Waals surface area contributed by atoms with Gasteiger partial charge in [0.2, 0.25) is 0 Å². The van der Waals surface area contributed by atoms with Crippen LogP contribution in [0.15, 0.2) is 53.4 Å². The molecule has 140 valence electrons. The molecule has 0 N–H and O–H groups in total. The van der Waals surface area contributed by atoms with E-state index >= 15 is 0 Å². The summed E-state index contributed by atoms with van der Waals surface area (Å²) in [5.41, 5.74) is 0.867. The van der Waals surface area contributed by atoms with Gasteiger partial charge in [0.25, 0.3) is 0 Å². The second-order valence-corrected chi connectivity index (χ2v) is 8.81. The number of carbonyl (C=O) groups is 1. The molecule has 1 fully saturated rings. The van der Waals surface area contributed by atoms with E-state index in [2.05, 4.69) is 0 Å². The minimum absolute atomic E-state index is 0.108. The predicted octanol–water partition coefficient (Wildman–Crippen LogP) is 2.82. The maximum atomic E-state index is 13.0. The SMILES string of the molecule is N#Cc1ccc(S(=O)(=O)C2CCN(CC(=O)c3ccc(F)cc3)CC2)cc1. The van der Waals surface area contributed by atoms with Crippen molar-refractivity contribution in [2.24, 2.45) is 0 Å². The van der Waals surface area contributed by atoms with Crippen molar-refractivity contribution in [1.29, 1.82) is 5.26 Å². The molecule has 0 radical (unpaired) electrons. The lowest BCUT2D eigenvalue weighted by Crippen LogP contribution is -2.41. The summed E-state index contributed by atoms with van der Waals surface area (Å²) in [7, 11) is -3.46. The highest BCUT2D eigenvalue weighted by Crippen LogP contribution is 2.25. The smallest absolute Gasteiger partial charge is 0.181 e. The van der Waals surface area contributed by atoms with E-state index in [-0.39, 0.29) is 23.0 Å². The highest BCUT2D eigenvalue weighted by Gasteiger charge is 2.31. The summed E-state index contributed by atoms with van der Waals surface area (Å²) in [5, 5.41) is 8.33. The third-order valence-corrected chi connectivity index (χ3v) is 7.10. The third-order valence-electron chi connectivity index (χ3n) is 4.82. The van der Waals surface area contributed by atoms with Crippen molar-refractivity contribution in [3.05, 3.63) is 65.5 Å². The monoisotopic (exact) mass is 386 g/mol. The van der Waals surface area contributed by atoms with E-state index in [1.807, 2.05) is 11.0 Å². The Hall–Kier alpha value is -2.56. The molecule has 1 saturated heterocycles. The summed E-state index contributed by atoms with van der Waals surface area (Å²) in [6, 6.07) is 13.3. The van der Waals surface area contributed by atoms with Crippen molar-refractivity contribution in [1.82, 2.24) is 4.90 Å². The lowest BCUT2D eigenvalue weighted by atomic mass is 10.1. The standard InChI is InChI=1S/C20H19FN2O3S/c21-17-5-3-16(4-6-17)20(24)14-23-11-9-19(10-12-23)27(25,26)18-7-1-15(13-22)2-8-18/h1-8,19H,9-12,14H2. The highest BCUT2D eigenvalue weighted by molar-refractivity contribution is 7.92. The van der Waals surface area contributed by atoms with Crippen LogP contribution in [0, 0.1) is 17.1 Å². The van der Waals surface area contributed by atoms with Gasteiger partial charge in [-0.25, -0.2) is 12.8 Å². The molecular formula is C20H19FN2O3S. The Bertz CT molecular complexity index is 956. The third kappa shape index (κ3) is 4.41. The van der Waals surface area contributed by atoms with Crippen LogP contribution in [0.25, 0.3) is 0 Å². The molecule has 0 aromatic heterocycles. The van der Waals surface area contributed by atoms with E-state index in [9.17, 15) is 17.6 Å². The van der Waals surface area contributed by atoms with Gasteiger partial charge < -0.3 is 0 Å². The first-order valence-electron chi connectivity index (χ1n) is 8.65. The molecule has 1 heterocycles. The summed E-state index contributed by atoms with van der Waals surface area (Å²) in [6.45, 7) is 1.20. The van der Waals surface area contributed by atoms with E-state index in [0.29, 0.717) is 37.1 Å². The first kappa shape index (κ1) is 19.2. The van der Waals surface area contributed by atoms with Gasteiger partial charge >= 0.3 is 0 Å². The van der Waals surface area contributed by atoms with Crippen LogP contribution in [0.1, 0.15) is 28.8 Å². The summed E-state index contributed by atoms with van der Waals surface area (Å²) in [4.78, 5) is 14.4. The van der Waals surface area contributed by atoms with Crippen LogP contribution in [0.2, 0.25) is 0 Å². The van der Waals surface area contributed by atoms with Crippen molar-refractivity contribution < 1.29 is 17.6 Å². The molecule has 0 aliphatic carbocycles. The van der Waals surface area contributed by atoms with Crippen LogP contribution in [-0.2, 0) is 9.84 Å². The largest absolute Gasteiger partial charge is 0.296 e. The van der Waals surface area contributed by atoms with Crippen LogP contribution >= 0.6 is 0 Å². The number of ketones is 1. The van der Waals surface area contributed by atoms with Crippen LogP contribution < -0.4 is 0 Å². The second-order valence-electron chi connectivity index (χ2n) is 6.59. The minimum atomic E-state index is -3.46. The van der Waals surface area contributed by atoms with Gasteiger partial charge in [-0.2, -0.15) is 5.26 Å². The molecule has 7 heteroatoms. The number of benzene rings is 2. The van der Waals surface area contributed by atoms with Gasteiger partial charge in [-0.1, -0.05) is 0 Å². The number of nitrogens with zero attached hydrogens (tertiary/aromatic N) is 2. The van der Waals surface area contributed by atoms with E-state index in [1.165, 1.54) is 48.5 Å². The maximum Gasteiger partial charge on any atom is 0.181 e. The summed E-state index contributed by atoms with van der Waals surface area (Å²) >= 11 is 0. The number of carbonyl (C=O) groups excluding carboxylic acids is 1. The van der Waals surface area contributed by atoms with Crippen molar-refractivity contribution >= 4 is 15.6 Å². The lowest BCUT2D eigenvalue weighted by Gasteiger charge is -2.31. The average Bonchev–Trinajstić information content (AvgIpc) is 2.69. The van der Waals surface area contributed by atoms with Crippen LogP contribution in [0.4, 0.5) is 4.39 Å². The molecule has 5 nitrogen and oxygen atoms in total. The second kappa shape index (κ2) is 7.99. The number of rotatable bonds is 5. The first-order valence-corrected chi connectivity index (χ1v) is 10.2. The Morgan fingerprint density at radius 2 is 1.67 bits per heavy atom. The zero-order valence-electron chi connectivity index (χ0n) is 14.6. The molecule has 2 aromatic rings. The Morgan fingerprint density at radius 1 is 1.07 bits per heavy atom. The molecule has 1 aliphatic heterocycles. The molecule has 1 aliphatic rings. The first-order chi connectivity index (χ1) is 12.9. The van der Waals surface area contributed by atoms with Gasteiger partial charge in [0, 0.05) is 5.56 Å². The van der Waals surface area contributed by atoms with Gasteiger partial charge in [-0.05, 0) is 74.5 Å². The van der Waals surface area contributed by atoms with Crippen molar-refractivity contribution in [2.45, 2.75) is 23.0 Å². The fourth-order valence-electron chi connectivity index (χ4n) is 3.22. The summed E-state index contributed by atoms with van der Waals surface area (Å²) < 4.78 is 38.5. The Morgan fingerprint density at radius 3 is 2.22 bits per heavy atom. The van der Waals surface area contributed by atoms with Gasteiger partial charge in [-0.15, -0.1) is 0 Å². The fourth-order valence-corrected chi connectivity index (χ4v) is 4.95. The zero-order valence-corrected chi connectivity index (χ0v) is 15.5. The Balaban J connectivity index is 1.60. The Labute approximate surface area is 158 Å². The minimum Gasteiger partial charge on any atom is -0.296 e. The molecule has 27 heavy (non-hydrogen) atoms. The Kier molecular flexibility index (Phi) is 5.68. The normalized spacial score (nSPS) is 16.0. The van der Waals surface area contributed by atoms with Crippen LogP contribution in [0.5, 0.6) is 0 Å². The van der Waals surface area contributed by atoms with E-state index in [4.69, 9.17) is 5.26 Å². The summed E-state index contributed by atoms with van der Waals surface area (Å²) in [6.07, 6.45) is 0.887.